The van der Waals surface area contributed by atoms with E-state index in [0.29, 0.717) is 10.6 Å². The van der Waals surface area contributed by atoms with Gasteiger partial charge in [0.2, 0.25) is 0 Å². The Morgan fingerprint density at radius 2 is 1.64 bits per heavy atom. The Kier molecular flexibility index (Phi) is 6.78. The molecule has 0 aliphatic heterocycles. The highest BCUT2D eigenvalue weighted by Crippen LogP contribution is 2.30. The first-order chi connectivity index (χ1) is 13.4. The van der Waals surface area contributed by atoms with E-state index in [4.69, 9.17) is 0 Å². The van der Waals surface area contributed by atoms with Crippen molar-refractivity contribution in [1.82, 2.24) is 5.32 Å². The lowest BCUT2D eigenvalue weighted by molar-refractivity contribution is 0.0935. The molecule has 1 aliphatic rings. The summed E-state index contributed by atoms with van der Waals surface area (Å²) < 4.78 is 27.2. The van der Waals surface area contributed by atoms with Crippen LogP contribution in [0.3, 0.4) is 0 Å². The van der Waals surface area contributed by atoms with Crippen LogP contribution >= 0.6 is 11.3 Å². The minimum absolute atomic E-state index is 0.168. The number of thiophene rings is 1. The van der Waals surface area contributed by atoms with Crippen LogP contribution in [0.4, 0.5) is 5.69 Å². The molecule has 1 fully saturated rings. The number of sulfonamides is 1. The lowest BCUT2D eigenvalue weighted by Crippen LogP contribution is -2.36. The van der Waals surface area contributed by atoms with Gasteiger partial charge in [-0.1, -0.05) is 49.8 Å². The first-order valence-corrected chi connectivity index (χ1v) is 12.2. The molecule has 0 bridgehead atoms. The molecule has 1 aliphatic carbocycles. The second-order valence-electron chi connectivity index (χ2n) is 7.44. The molecule has 1 aromatic heterocycles. The summed E-state index contributed by atoms with van der Waals surface area (Å²) in [6.07, 6.45) is 7.95. The van der Waals surface area contributed by atoms with E-state index in [0.717, 1.165) is 31.2 Å². The van der Waals surface area contributed by atoms with Crippen LogP contribution in [-0.4, -0.2) is 27.4 Å². The van der Waals surface area contributed by atoms with Crippen molar-refractivity contribution in [3.63, 3.8) is 0 Å². The number of rotatable bonds is 5. The van der Waals surface area contributed by atoms with Gasteiger partial charge in [0.15, 0.2) is 0 Å². The maximum absolute atomic E-state index is 13.0. The summed E-state index contributed by atoms with van der Waals surface area (Å²) in [5.74, 6) is -0.179. The third-order valence-corrected chi connectivity index (χ3v) is 8.00. The molecule has 0 radical (unpaired) electrons. The average molecular weight is 421 g/mol. The number of amides is 1. The molecule has 1 N–H and O–H groups in total. The first-order valence-electron chi connectivity index (χ1n) is 9.83. The van der Waals surface area contributed by atoms with Crippen LogP contribution < -0.4 is 9.62 Å². The number of carbonyl (C=O) groups excluding carboxylic acids is 1. The summed E-state index contributed by atoms with van der Waals surface area (Å²) in [6.45, 7) is 1.91. The Balaban J connectivity index is 1.78. The van der Waals surface area contributed by atoms with E-state index in [1.54, 1.807) is 35.7 Å². The second-order valence-corrected chi connectivity index (χ2v) is 10.3. The molecular formula is C21H28N2O3S2. The number of hydrogen-bond donors (Lipinski definition) is 1. The van der Waals surface area contributed by atoms with Crippen LogP contribution in [0.2, 0.25) is 0 Å². The summed E-state index contributed by atoms with van der Waals surface area (Å²) in [4.78, 5) is 13.5. The lowest BCUT2D eigenvalue weighted by atomic mass is 9.97. The zero-order chi connectivity index (χ0) is 20.1. The molecule has 1 amide bonds. The fraction of sp³-hybridized carbons (Fsp3) is 0.476. The molecule has 0 saturated heterocycles. The van der Waals surface area contributed by atoms with E-state index in [1.807, 2.05) is 6.92 Å². The minimum Gasteiger partial charge on any atom is -0.349 e. The molecule has 1 aromatic carbocycles. The Morgan fingerprint density at radius 3 is 2.29 bits per heavy atom. The summed E-state index contributed by atoms with van der Waals surface area (Å²) in [7, 11) is -2.21. The van der Waals surface area contributed by atoms with E-state index < -0.39 is 10.0 Å². The predicted octanol–water partition coefficient (Wildman–Crippen LogP) is 4.72. The topological polar surface area (TPSA) is 66.5 Å². The summed E-state index contributed by atoms with van der Waals surface area (Å²) in [6, 6.07) is 8.61. The molecule has 5 nitrogen and oxygen atoms in total. The molecule has 1 saturated carbocycles. The molecule has 1 heterocycles. The maximum atomic E-state index is 13.0. The molecule has 2 aromatic rings. The molecule has 7 heteroatoms. The van der Waals surface area contributed by atoms with Gasteiger partial charge in [0.05, 0.1) is 10.6 Å². The van der Waals surface area contributed by atoms with Gasteiger partial charge in [0.1, 0.15) is 4.88 Å². The van der Waals surface area contributed by atoms with Gasteiger partial charge in [0.25, 0.3) is 15.9 Å². The Bertz CT molecular complexity index is 896. The Labute approximate surface area is 171 Å². The van der Waals surface area contributed by atoms with Crippen LogP contribution in [-0.2, 0) is 10.0 Å². The van der Waals surface area contributed by atoms with Crippen molar-refractivity contribution in [2.24, 2.45) is 0 Å². The lowest BCUT2D eigenvalue weighted by Gasteiger charge is -2.23. The van der Waals surface area contributed by atoms with E-state index >= 15 is 0 Å². The van der Waals surface area contributed by atoms with Gasteiger partial charge in [-0.3, -0.25) is 9.10 Å². The number of nitrogens with one attached hydrogen (secondary N) is 1. The van der Waals surface area contributed by atoms with Crippen molar-refractivity contribution in [3.05, 3.63) is 46.2 Å². The van der Waals surface area contributed by atoms with Gasteiger partial charge in [-0.05, 0) is 43.3 Å². The van der Waals surface area contributed by atoms with E-state index in [1.165, 1.54) is 42.0 Å². The van der Waals surface area contributed by atoms with Crippen LogP contribution in [0.25, 0.3) is 0 Å². The number of nitrogens with zero attached hydrogens (tertiary/aromatic N) is 1. The number of aryl methyl sites for hydroxylation is 1. The zero-order valence-corrected chi connectivity index (χ0v) is 18.1. The molecule has 0 atom stereocenters. The monoisotopic (exact) mass is 420 g/mol. The molecule has 3 rings (SSSR count). The van der Waals surface area contributed by atoms with Crippen molar-refractivity contribution in [2.45, 2.75) is 62.8 Å². The Morgan fingerprint density at radius 1 is 1.04 bits per heavy atom. The number of anilines is 1. The standard InChI is InChI=1S/C21H28N2O3S2/c1-16-10-12-18(13-11-16)28(25,26)23(2)19-14-15-27-20(19)21(24)22-17-8-6-4-3-5-7-9-17/h10-15,17H,3-9H2,1-2H3,(H,22,24). The van der Waals surface area contributed by atoms with Crippen molar-refractivity contribution in [1.29, 1.82) is 0 Å². The predicted molar refractivity (Wildman–Crippen MR) is 115 cm³/mol. The van der Waals surface area contributed by atoms with Crippen LogP contribution in [0, 0.1) is 6.92 Å². The SMILES string of the molecule is Cc1ccc(S(=O)(=O)N(C)c2ccsc2C(=O)NC2CCCCCCC2)cc1. The second kappa shape index (κ2) is 9.09. The van der Waals surface area contributed by atoms with Gasteiger partial charge in [0, 0.05) is 13.1 Å². The molecule has 152 valence electrons. The van der Waals surface area contributed by atoms with Gasteiger partial charge in [-0.25, -0.2) is 8.42 Å². The number of hydrogen-bond acceptors (Lipinski definition) is 4. The normalized spacial score (nSPS) is 16.2. The third-order valence-electron chi connectivity index (χ3n) is 5.31. The van der Waals surface area contributed by atoms with Gasteiger partial charge in [-0.2, -0.15) is 0 Å². The maximum Gasteiger partial charge on any atom is 0.264 e. The third kappa shape index (κ3) is 4.75. The highest BCUT2D eigenvalue weighted by Gasteiger charge is 2.27. The molecule has 28 heavy (non-hydrogen) atoms. The first kappa shape index (κ1) is 20.9. The highest BCUT2D eigenvalue weighted by atomic mass is 32.2. The minimum atomic E-state index is -3.72. The van der Waals surface area contributed by atoms with Crippen molar-refractivity contribution in [3.8, 4) is 0 Å². The Hall–Kier alpha value is -1.86. The summed E-state index contributed by atoms with van der Waals surface area (Å²) >= 11 is 1.28. The van der Waals surface area contributed by atoms with E-state index in [9.17, 15) is 13.2 Å². The summed E-state index contributed by atoms with van der Waals surface area (Å²) in [5, 5.41) is 4.90. The number of benzene rings is 1. The van der Waals surface area contributed by atoms with E-state index in [2.05, 4.69) is 5.32 Å². The highest BCUT2D eigenvalue weighted by molar-refractivity contribution is 7.92. The molecule has 0 spiro atoms. The van der Waals surface area contributed by atoms with E-state index in [-0.39, 0.29) is 16.8 Å². The largest absolute Gasteiger partial charge is 0.349 e. The fourth-order valence-corrected chi connectivity index (χ4v) is 5.66. The molecule has 0 unspecified atom stereocenters. The summed E-state index contributed by atoms with van der Waals surface area (Å²) in [5.41, 5.74) is 1.42. The van der Waals surface area contributed by atoms with Gasteiger partial charge >= 0.3 is 0 Å². The van der Waals surface area contributed by atoms with Crippen molar-refractivity contribution >= 4 is 33.0 Å². The quantitative estimate of drug-likeness (QED) is 0.761. The zero-order valence-electron chi connectivity index (χ0n) is 16.5. The molecular weight excluding hydrogens is 392 g/mol. The van der Waals surface area contributed by atoms with Crippen molar-refractivity contribution in [2.75, 3.05) is 11.4 Å². The van der Waals surface area contributed by atoms with Gasteiger partial charge < -0.3 is 5.32 Å². The van der Waals surface area contributed by atoms with Crippen LogP contribution in [0.5, 0.6) is 0 Å². The number of carbonyl (C=O) groups is 1. The smallest absolute Gasteiger partial charge is 0.264 e. The van der Waals surface area contributed by atoms with Crippen molar-refractivity contribution < 1.29 is 13.2 Å². The van der Waals surface area contributed by atoms with Gasteiger partial charge in [-0.15, -0.1) is 11.3 Å². The average Bonchev–Trinajstić information content (AvgIpc) is 3.13. The van der Waals surface area contributed by atoms with Crippen LogP contribution in [0.15, 0.2) is 40.6 Å². The van der Waals surface area contributed by atoms with Crippen LogP contribution in [0.1, 0.15) is 60.2 Å². The fourth-order valence-electron chi connectivity index (χ4n) is 3.57.